The van der Waals surface area contributed by atoms with Crippen molar-refractivity contribution < 1.29 is 0 Å². The summed E-state index contributed by atoms with van der Waals surface area (Å²) >= 11 is 7.69. The summed E-state index contributed by atoms with van der Waals surface area (Å²) in [5.41, 5.74) is 1.18. The molecule has 1 unspecified atom stereocenters. The van der Waals surface area contributed by atoms with Gasteiger partial charge in [0.15, 0.2) is 5.96 Å². The van der Waals surface area contributed by atoms with Crippen LogP contribution in [0.25, 0.3) is 0 Å². The lowest BCUT2D eigenvalue weighted by Gasteiger charge is -2.24. The molecule has 2 aromatic rings. The van der Waals surface area contributed by atoms with E-state index in [9.17, 15) is 0 Å². The summed E-state index contributed by atoms with van der Waals surface area (Å²) in [4.78, 5) is 7.69. The summed E-state index contributed by atoms with van der Waals surface area (Å²) in [5, 5.41) is 11.8. The minimum atomic E-state index is 0. The third-order valence-electron chi connectivity index (χ3n) is 3.90. The Morgan fingerprint density at radius 1 is 1.30 bits per heavy atom. The van der Waals surface area contributed by atoms with Gasteiger partial charge in [0.05, 0.1) is 12.2 Å². The van der Waals surface area contributed by atoms with Crippen molar-refractivity contribution in [2.45, 2.75) is 10.9 Å². The molecule has 1 heterocycles. The molecule has 1 aromatic carbocycles. The zero-order chi connectivity index (χ0) is 18.9. The third kappa shape index (κ3) is 8.28. The van der Waals surface area contributed by atoms with Gasteiger partial charge in [-0.1, -0.05) is 11.6 Å². The fraction of sp³-hybridized carbons (Fsp3) is 0.444. The van der Waals surface area contributed by atoms with E-state index in [4.69, 9.17) is 11.6 Å². The minimum Gasteiger partial charge on any atom is -0.356 e. The molecule has 0 bridgehead atoms. The maximum absolute atomic E-state index is 5.91. The number of benzene rings is 1. The fourth-order valence-electron chi connectivity index (χ4n) is 2.49. The van der Waals surface area contributed by atoms with Gasteiger partial charge >= 0.3 is 0 Å². The maximum Gasteiger partial charge on any atom is 0.191 e. The number of hydrogen-bond acceptors (Lipinski definition) is 4. The van der Waals surface area contributed by atoms with Crippen LogP contribution in [0.1, 0.15) is 11.6 Å². The van der Waals surface area contributed by atoms with Crippen LogP contribution < -0.4 is 10.6 Å². The van der Waals surface area contributed by atoms with Crippen molar-refractivity contribution in [1.29, 1.82) is 0 Å². The average molecular weight is 523 g/mol. The standard InChI is InChI=1S/C18H27ClN6S.HI/c1-20-18(21-9-10-26-16-7-5-15(19)6-8-16)22-12-17(24(2)3)14-11-23-25(4)13-14;/h5-8,11,13,17H,9-10,12H2,1-4H3,(H2,20,21,22);1H. The summed E-state index contributed by atoms with van der Waals surface area (Å²) in [6.07, 6.45) is 3.95. The number of halogens is 2. The van der Waals surface area contributed by atoms with E-state index in [1.807, 2.05) is 48.4 Å². The van der Waals surface area contributed by atoms with E-state index in [0.717, 1.165) is 29.8 Å². The lowest BCUT2D eigenvalue weighted by Crippen LogP contribution is -2.42. The number of hydrogen-bond donors (Lipinski definition) is 2. The first-order chi connectivity index (χ1) is 12.5. The number of nitrogens with one attached hydrogen (secondary N) is 2. The first kappa shape index (κ1) is 24.1. The monoisotopic (exact) mass is 522 g/mol. The van der Waals surface area contributed by atoms with Crippen molar-refractivity contribution in [2.24, 2.45) is 12.0 Å². The first-order valence-electron chi connectivity index (χ1n) is 8.47. The van der Waals surface area contributed by atoms with Gasteiger partial charge in [0, 0.05) is 54.6 Å². The van der Waals surface area contributed by atoms with Gasteiger partial charge in [-0.3, -0.25) is 9.67 Å². The van der Waals surface area contributed by atoms with Crippen LogP contribution >= 0.6 is 47.3 Å². The number of thioether (sulfide) groups is 1. The highest BCUT2D eigenvalue weighted by Gasteiger charge is 2.16. The molecule has 1 aromatic heterocycles. The summed E-state index contributed by atoms with van der Waals surface area (Å²) in [6, 6.07) is 8.13. The normalized spacial score (nSPS) is 12.6. The summed E-state index contributed by atoms with van der Waals surface area (Å²) in [6.45, 7) is 1.58. The highest BCUT2D eigenvalue weighted by Crippen LogP contribution is 2.19. The van der Waals surface area contributed by atoms with Crippen LogP contribution in [0.5, 0.6) is 0 Å². The van der Waals surface area contributed by atoms with Gasteiger partial charge in [-0.05, 0) is 38.4 Å². The molecule has 2 N–H and O–H groups in total. The Bertz CT molecular complexity index is 704. The van der Waals surface area contributed by atoms with Crippen LogP contribution in [-0.2, 0) is 7.05 Å². The number of aromatic nitrogens is 2. The molecule has 6 nitrogen and oxygen atoms in total. The largest absolute Gasteiger partial charge is 0.356 e. The highest BCUT2D eigenvalue weighted by molar-refractivity contribution is 14.0. The molecule has 0 aliphatic carbocycles. The van der Waals surface area contributed by atoms with Crippen molar-refractivity contribution in [3.8, 4) is 0 Å². The smallest absolute Gasteiger partial charge is 0.191 e. The number of aliphatic imine (C=N–C) groups is 1. The number of likely N-dealkylation sites (N-methyl/N-ethyl adjacent to an activating group) is 1. The zero-order valence-electron chi connectivity index (χ0n) is 16.1. The van der Waals surface area contributed by atoms with Crippen LogP contribution in [0.2, 0.25) is 5.02 Å². The van der Waals surface area contributed by atoms with Gasteiger partial charge in [0.1, 0.15) is 0 Å². The molecule has 2 rings (SSSR count). The molecule has 0 saturated heterocycles. The van der Waals surface area contributed by atoms with Crippen molar-refractivity contribution in [2.75, 3.05) is 40.0 Å². The Morgan fingerprint density at radius 3 is 2.56 bits per heavy atom. The molecule has 0 spiro atoms. The molecule has 150 valence electrons. The highest BCUT2D eigenvalue weighted by atomic mass is 127. The third-order valence-corrected chi connectivity index (χ3v) is 5.16. The summed E-state index contributed by atoms with van der Waals surface area (Å²) < 4.78 is 1.83. The topological polar surface area (TPSA) is 57.5 Å². The Morgan fingerprint density at radius 2 is 2.00 bits per heavy atom. The molecule has 1 atom stereocenters. The van der Waals surface area contributed by atoms with Crippen molar-refractivity contribution in [1.82, 2.24) is 25.3 Å². The van der Waals surface area contributed by atoms with Gasteiger partial charge in [-0.15, -0.1) is 35.7 Å². The second-order valence-corrected chi connectivity index (χ2v) is 7.71. The number of guanidine groups is 1. The molecule has 9 heteroatoms. The Labute approximate surface area is 188 Å². The van der Waals surface area contributed by atoms with Gasteiger partial charge in [-0.25, -0.2) is 0 Å². The molecular weight excluding hydrogens is 495 g/mol. The SMILES string of the molecule is CN=C(NCCSc1ccc(Cl)cc1)NCC(c1cnn(C)c1)N(C)C.I. The average Bonchev–Trinajstić information content (AvgIpc) is 3.04. The first-order valence-corrected chi connectivity index (χ1v) is 9.84. The van der Waals surface area contributed by atoms with Crippen LogP contribution in [0.4, 0.5) is 0 Å². The summed E-state index contributed by atoms with van der Waals surface area (Å²) in [7, 11) is 7.86. The minimum absolute atomic E-state index is 0. The van der Waals surface area contributed by atoms with Crippen LogP contribution in [-0.4, -0.2) is 60.6 Å². The molecule has 0 aliphatic rings. The van der Waals surface area contributed by atoms with Gasteiger partial charge in [0.25, 0.3) is 0 Å². The summed E-state index contributed by atoms with van der Waals surface area (Å²) in [5.74, 6) is 1.75. The maximum atomic E-state index is 5.91. The predicted octanol–water partition coefficient (Wildman–Crippen LogP) is 3.25. The molecule has 0 radical (unpaired) electrons. The van der Waals surface area contributed by atoms with Crippen molar-refractivity contribution in [3.05, 3.63) is 47.2 Å². The number of nitrogens with zero attached hydrogens (tertiary/aromatic N) is 4. The van der Waals surface area contributed by atoms with E-state index in [-0.39, 0.29) is 30.0 Å². The van der Waals surface area contributed by atoms with Gasteiger partial charge < -0.3 is 15.5 Å². The van der Waals surface area contributed by atoms with Crippen molar-refractivity contribution in [3.63, 3.8) is 0 Å². The second kappa shape index (κ2) is 12.5. The Balaban J connectivity index is 0.00000364. The van der Waals surface area contributed by atoms with Crippen molar-refractivity contribution >= 4 is 53.3 Å². The van der Waals surface area contributed by atoms with E-state index < -0.39 is 0 Å². The molecule has 0 aliphatic heterocycles. The Kier molecular flexibility index (Phi) is 11.1. The van der Waals surface area contributed by atoms with E-state index in [1.54, 1.807) is 18.8 Å². The van der Waals surface area contributed by atoms with Crippen LogP contribution in [0.3, 0.4) is 0 Å². The van der Waals surface area contributed by atoms with Gasteiger partial charge in [0.2, 0.25) is 0 Å². The molecule has 27 heavy (non-hydrogen) atoms. The lowest BCUT2D eigenvalue weighted by molar-refractivity contribution is 0.298. The Hall–Kier alpha value is -0.970. The second-order valence-electron chi connectivity index (χ2n) is 6.11. The fourth-order valence-corrected chi connectivity index (χ4v) is 3.39. The molecule has 0 fully saturated rings. The van der Waals surface area contributed by atoms with E-state index in [1.165, 1.54) is 10.5 Å². The molecular formula is C18H28ClIN6S. The van der Waals surface area contributed by atoms with E-state index >= 15 is 0 Å². The number of rotatable bonds is 8. The zero-order valence-corrected chi connectivity index (χ0v) is 20.0. The molecule has 0 saturated carbocycles. The van der Waals surface area contributed by atoms with E-state index in [2.05, 4.69) is 39.7 Å². The van der Waals surface area contributed by atoms with E-state index in [0.29, 0.717) is 0 Å². The van der Waals surface area contributed by atoms with Gasteiger partial charge in [-0.2, -0.15) is 5.10 Å². The number of aryl methyl sites for hydroxylation is 1. The van der Waals surface area contributed by atoms with Crippen LogP contribution in [0.15, 0.2) is 46.5 Å². The predicted molar refractivity (Wildman–Crippen MR) is 127 cm³/mol. The molecule has 0 amide bonds. The quantitative estimate of drug-likeness (QED) is 0.183. The van der Waals surface area contributed by atoms with Crippen LogP contribution in [0, 0.1) is 0 Å². The lowest BCUT2D eigenvalue weighted by atomic mass is 10.1.